The minimum absolute atomic E-state index is 0.130. The Kier molecular flexibility index (Phi) is 3.77. The SMILES string of the molecule is Cc1cc(C)cc(-n2nnc(CO)c2-c2ccccc2C)c1. The van der Waals surface area contributed by atoms with Crippen LogP contribution in [0.4, 0.5) is 0 Å². The van der Waals surface area contributed by atoms with E-state index < -0.39 is 0 Å². The van der Waals surface area contributed by atoms with Gasteiger partial charge in [-0.3, -0.25) is 0 Å². The standard InChI is InChI=1S/C18H19N3O/c1-12-8-13(2)10-15(9-12)21-18(17(11-22)19-20-21)16-7-5-4-6-14(16)3/h4-10,22H,11H2,1-3H3. The van der Waals surface area contributed by atoms with Gasteiger partial charge in [0.25, 0.3) is 0 Å². The maximum absolute atomic E-state index is 9.62. The zero-order chi connectivity index (χ0) is 15.7. The lowest BCUT2D eigenvalue weighted by Gasteiger charge is -2.11. The summed E-state index contributed by atoms with van der Waals surface area (Å²) in [5.41, 5.74) is 6.92. The number of nitrogens with zero attached hydrogens (tertiary/aromatic N) is 3. The Labute approximate surface area is 130 Å². The third-order valence-corrected chi connectivity index (χ3v) is 3.74. The fourth-order valence-corrected chi connectivity index (χ4v) is 2.78. The average Bonchev–Trinajstić information content (AvgIpc) is 2.90. The van der Waals surface area contributed by atoms with Crippen molar-refractivity contribution in [2.45, 2.75) is 27.4 Å². The molecule has 3 rings (SSSR count). The molecule has 0 saturated carbocycles. The van der Waals surface area contributed by atoms with Gasteiger partial charge in [0.1, 0.15) is 11.4 Å². The second-order valence-corrected chi connectivity index (χ2v) is 5.62. The van der Waals surface area contributed by atoms with E-state index in [1.807, 2.05) is 22.9 Å². The highest BCUT2D eigenvalue weighted by Gasteiger charge is 2.17. The van der Waals surface area contributed by atoms with Crippen LogP contribution in [0.2, 0.25) is 0 Å². The van der Waals surface area contributed by atoms with E-state index in [4.69, 9.17) is 0 Å². The normalized spacial score (nSPS) is 10.9. The molecule has 22 heavy (non-hydrogen) atoms. The van der Waals surface area contributed by atoms with Crippen LogP contribution in [0, 0.1) is 20.8 Å². The Morgan fingerprint density at radius 1 is 1.00 bits per heavy atom. The lowest BCUT2D eigenvalue weighted by atomic mass is 10.0. The molecule has 0 bridgehead atoms. The zero-order valence-electron chi connectivity index (χ0n) is 13.0. The summed E-state index contributed by atoms with van der Waals surface area (Å²) in [6, 6.07) is 14.3. The van der Waals surface area contributed by atoms with E-state index in [2.05, 4.69) is 55.3 Å². The van der Waals surface area contributed by atoms with Gasteiger partial charge in [0.2, 0.25) is 0 Å². The highest BCUT2D eigenvalue weighted by molar-refractivity contribution is 5.67. The minimum Gasteiger partial charge on any atom is -0.390 e. The number of benzene rings is 2. The van der Waals surface area contributed by atoms with Crippen LogP contribution in [-0.2, 0) is 6.61 Å². The van der Waals surface area contributed by atoms with E-state index in [0.717, 1.165) is 22.5 Å². The molecule has 0 aliphatic heterocycles. The summed E-state index contributed by atoms with van der Waals surface area (Å²) in [5.74, 6) is 0. The van der Waals surface area contributed by atoms with E-state index in [-0.39, 0.29) is 6.61 Å². The van der Waals surface area contributed by atoms with Gasteiger partial charge < -0.3 is 5.11 Å². The number of hydrogen-bond donors (Lipinski definition) is 1. The van der Waals surface area contributed by atoms with Gasteiger partial charge in [-0.15, -0.1) is 5.10 Å². The molecule has 0 saturated heterocycles. The first-order valence-corrected chi connectivity index (χ1v) is 7.30. The molecule has 0 atom stereocenters. The van der Waals surface area contributed by atoms with Crippen LogP contribution in [0.1, 0.15) is 22.4 Å². The van der Waals surface area contributed by atoms with Gasteiger partial charge in [-0.05, 0) is 49.6 Å². The quantitative estimate of drug-likeness (QED) is 0.805. The van der Waals surface area contributed by atoms with Crippen molar-refractivity contribution in [3.8, 4) is 16.9 Å². The van der Waals surface area contributed by atoms with Crippen molar-refractivity contribution in [3.63, 3.8) is 0 Å². The second kappa shape index (κ2) is 5.73. The van der Waals surface area contributed by atoms with Gasteiger partial charge in [0.05, 0.1) is 12.3 Å². The van der Waals surface area contributed by atoms with Gasteiger partial charge in [-0.2, -0.15) is 0 Å². The molecule has 3 aromatic rings. The molecule has 1 heterocycles. The van der Waals surface area contributed by atoms with Crippen molar-refractivity contribution in [3.05, 3.63) is 64.8 Å². The zero-order valence-corrected chi connectivity index (χ0v) is 13.0. The molecule has 0 amide bonds. The molecule has 0 unspecified atom stereocenters. The molecule has 0 fully saturated rings. The summed E-state index contributed by atoms with van der Waals surface area (Å²) in [5, 5.41) is 18.0. The second-order valence-electron chi connectivity index (χ2n) is 5.62. The van der Waals surface area contributed by atoms with E-state index in [1.165, 1.54) is 11.1 Å². The van der Waals surface area contributed by atoms with Gasteiger partial charge in [0, 0.05) is 5.56 Å². The van der Waals surface area contributed by atoms with E-state index in [9.17, 15) is 5.11 Å². The smallest absolute Gasteiger partial charge is 0.117 e. The number of aliphatic hydroxyl groups is 1. The van der Waals surface area contributed by atoms with Crippen LogP contribution in [0.25, 0.3) is 16.9 Å². The number of aromatic nitrogens is 3. The van der Waals surface area contributed by atoms with Crippen molar-refractivity contribution in [2.75, 3.05) is 0 Å². The number of rotatable bonds is 3. The Balaban J connectivity index is 2.26. The highest BCUT2D eigenvalue weighted by atomic mass is 16.3. The van der Waals surface area contributed by atoms with Gasteiger partial charge in [-0.1, -0.05) is 35.5 Å². The van der Waals surface area contributed by atoms with Crippen LogP contribution >= 0.6 is 0 Å². The number of aryl methyl sites for hydroxylation is 3. The first-order valence-electron chi connectivity index (χ1n) is 7.30. The molecule has 2 aromatic carbocycles. The maximum atomic E-state index is 9.62. The molecule has 0 aliphatic rings. The molecular formula is C18H19N3O. The third-order valence-electron chi connectivity index (χ3n) is 3.74. The molecule has 0 aliphatic carbocycles. The van der Waals surface area contributed by atoms with Gasteiger partial charge in [0.15, 0.2) is 0 Å². The molecule has 4 nitrogen and oxygen atoms in total. The summed E-state index contributed by atoms with van der Waals surface area (Å²) in [6.07, 6.45) is 0. The Bertz CT molecular complexity index is 801. The van der Waals surface area contributed by atoms with E-state index in [0.29, 0.717) is 5.69 Å². The van der Waals surface area contributed by atoms with Crippen molar-refractivity contribution in [1.82, 2.24) is 15.0 Å². The lowest BCUT2D eigenvalue weighted by Crippen LogP contribution is -2.02. The maximum Gasteiger partial charge on any atom is 0.117 e. The summed E-state index contributed by atoms with van der Waals surface area (Å²) in [7, 11) is 0. The van der Waals surface area contributed by atoms with Crippen molar-refractivity contribution >= 4 is 0 Å². The van der Waals surface area contributed by atoms with Crippen LogP contribution in [-0.4, -0.2) is 20.1 Å². The molecule has 1 aromatic heterocycles. The predicted molar refractivity (Wildman–Crippen MR) is 86.9 cm³/mol. The van der Waals surface area contributed by atoms with Gasteiger partial charge in [-0.25, -0.2) is 4.68 Å². The first-order chi connectivity index (χ1) is 10.6. The summed E-state index contributed by atoms with van der Waals surface area (Å²) < 4.78 is 1.81. The van der Waals surface area contributed by atoms with Crippen molar-refractivity contribution < 1.29 is 5.11 Å². The summed E-state index contributed by atoms with van der Waals surface area (Å²) >= 11 is 0. The summed E-state index contributed by atoms with van der Waals surface area (Å²) in [4.78, 5) is 0. The molecule has 1 N–H and O–H groups in total. The largest absolute Gasteiger partial charge is 0.390 e. The monoisotopic (exact) mass is 293 g/mol. The number of hydrogen-bond acceptors (Lipinski definition) is 3. The van der Waals surface area contributed by atoms with Crippen LogP contribution in [0.5, 0.6) is 0 Å². The topological polar surface area (TPSA) is 50.9 Å². The average molecular weight is 293 g/mol. The fourth-order valence-electron chi connectivity index (χ4n) is 2.78. The van der Waals surface area contributed by atoms with Crippen molar-refractivity contribution in [1.29, 1.82) is 0 Å². The van der Waals surface area contributed by atoms with Gasteiger partial charge >= 0.3 is 0 Å². The number of aliphatic hydroxyl groups excluding tert-OH is 1. The summed E-state index contributed by atoms with van der Waals surface area (Å²) in [6.45, 7) is 6.05. The molecule has 112 valence electrons. The predicted octanol–water partition coefficient (Wildman–Crippen LogP) is 3.35. The Hall–Kier alpha value is -2.46. The molecular weight excluding hydrogens is 274 g/mol. The molecule has 0 spiro atoms. The Morgan fingerprint density at radius 3 is 2.32 bits per heavy atom. The van der Waals surface area contributed by atoms with Crippen molar-refractivity contribution in [2.24, 2.45) is 0 Å². The lowest BCUT2D eigenvalue weighted by molar-refractivity contribution is 0.277. The first kappa shape index (κ1) is 14.5. The van der Waals surface area contributed by atoms with Crippen LogP contribution < -0.4 is 0 Å². The fraction of sp³-hybridized carbons (Fsp3) is 0.222. The van der Waals surface area contributed by atoms with Crippen LogP contribution in [0.15, 0.2) is 42.5 Å². The highest BCUT2D eigenvalue weighted by Crippen LogP contribution is 2.28. The Morgan fingerprint density at radius 2 is 1.68 bits per heavy atom. The van der Waals surface area contributed by atoms with E-state index in [1.54, 1.807) is 0 Å². The molecule has 4 heteroatoms. The minimum atomic E-state index is -0.130. The third kappa shape index (κ3) is 2.53. The molecule has 0 radical (unpaired) electrons. The van der Waals surface area contributed by atoms with E-state index >= 15 is 0 Å². The van der Waals surface area contributed by atoms with Crippen LogP contribution in [0.3, 0.4) is 0 Å².